The molecule has 1 N–H and O–H groups in total. The van der Waals surface area contributed by atoms with Crippen LogP contribution in [0, 0.1) is 0 Å². The van der Waals surface area contributed by atoms with Gasteiger partial charge in [0, 0.05) is 6.04 Å². The van der Waals surface area contributed by atoms with Crippen LogP contribution >= 0.6 is 0 Å². The van der Waals surface area contributed by atoms with Crippen LogP contribution in [0.25, 0.3) is 11.1 Å². The number of benzene rings is 2. The molecule has 3 nitrogen and oxygen atoms in total. The van der Waals surface area contributed by atoms with Gasteiger partial charge in [0.15, 0.2) is 0 Å². The second kappa shape index (κ2) is 6.70. The number of hydrogen-bond donors (Lipinski definition) is 1. The Hall–Kier alpha value is -1.91. The van der Waals surface area contributed by atoms with Crippen molar-refractivity contribution in [2.24, 2.45) is 0 Å². The molecule has 110 valence electrons. The second-order valence-electron chi connectivity index (χ2n) is 4.83. The minimum absolute atomic E-state index is 0.228. The molecule has 0 aliphatic carbocycles. The fourth-order valence-corrected chi connectivity index (χ4v) is 3.30. The van der Waals surface area contributed by atoms with Crippen molar-refractivity contribution in [2.75, 3.05) is 0 Å². The first kappa shape index (κ1) is 15.5. The summed E-state index contributed by atoms with van der Waals surface area (Å²) in [4.78, 5) is 0.276. The monoisotopic (exact) mass is 301 g/mol. The highest BCUT2D eigenvalue weighted by Crippen LogP contribution is 2.21. The molecule has 0 aromatic heterocycles. The van der Waals surface area contributed by atoms with Crippen molar-refractivity contribution in [1.29, 1.82) is 0 Å². The minimum atomic E-state index is -3.48. The Morgan fingerprint density at radius 3 is 2.10 bits per heavy atom. The number of sulfonamides is 1. The van der Waals surface area contributed by atoms with E-state index in [4.69, 9.17) is 0 Å². The van der Waals surface area contributed by atoms with Crippen molar-refractivity contribution in [2.45, 2.75) is 24.8 Å². The molecule has 0 saturated heterocycles. The third kappa shape index (κ3) is 4.03. The van der Waals surface area contributed by atoms with E-state index in [1.165, 1.54) is 0 Å². The standard InChI is InChI=1S/C17H19NO2S/c1-3-7-14(2)18-21(19,20)17-12-10-16(11-13-17)15-8-5-4-6-9-15/h3-14,18H,1-2H3/b7-3+. The molecule has 1 unspecified atom stereocenters. The summed E-state index contributed by atoms with van der Waals surface area (Å²) in [5, 5.41) is 0. The van der Waals surface area contributed by atoms with Gasteiger partial charge in [0.1, 0.15) is 0 Å². The Labute approximate surface area is 126 Å². The molecule has 0 aliphatic rings. The zero-order valence-corrected chi connectivity index (χ0v) is 13.0. The maximum absolute atomic E-state index is 12.2. The van der Waals surface area contributed by atoms with Crippen LogP contribution in [0.4, 0.5) is 0 Å². The molecule has 0 saturated carbocycles. The van der Waals surface area contributed by atoms with E-state index in [-0.39, 0.29) is 10.9 Å². The minimum Gasteiger partial charge on any atom is -0.207 e. The van der Waals surface area contributed by atoms with E-state index in [0.717, 1.165) is 11.1 Å². The fraction of sp³-hybridized carbons (Fsp3) is 0.176. The van der Waals surface area contributed by atoms with Crippen molar-refractivity contribution in [3.8, 4) is 11.1 Å². The van der Waals surface area contributed by atoms with Gasteiger partial charge in [-0.05, 0) is 37.1 Å². The van der Waals surface area contributed by atoms with E-state index in [9.17, 15) is 8.42 Å². The van der Waals surface area contributed by atoms with E-state index in [2.05, 4.69) is 4.72 Å². The predicted molar refractivity (Wildman–Crippen MR) is 86.5 cm³/mol. The zero-order chi connectivity index (χ0) is 15.3. The summed E-state index contributed by atoms with van der Waals surface area (Å²) in [5.41, 5.74) is 2.06. The van der Waals surface area contributed by atoms with Crippen molar-refractivity contribution in [3.05, 3.63) is 66.7 Å². The number of allylic oxidation sites excluding steroid dienone is 1. The summed E-state index contributed by atoms with van der Waals surface area (Å²) in [6.45, 7) is 3.66. The van der Waals surface area contributed by atoms with Gasteiger partial charge in [0.2, 0.25) is 10.0 Å². The molecule has 0 amide bonds. The molecular weight excluding hydrogens is 282 g/mol. The van der Waals surface area contributed by atoms with Crippen molar-refractivity contribution in [1.82, 2.24) is 4.72 Å². The molecule has 2 aromatic rings. The van der Waals surface area contributed by atoms with Crippen LogP contribution in [0.3, 0.4) is 0 Å². The zero-order valence-electron chi connectivity index (χ0n) is 12.2. The Balaban J connectivity index is 2.22. The van der Waals surface area contributed by atoms with Crippen LogP contribution in [-0.2, 0) is 10.0 Å². The van der Waals surface area contributed by atoms with Crippen LogP contribution in [0.2, 0.25) is 0 Å². The Kier molecular flexibility index (Phi) is 4.94. The van der Waals surface area contributed by atoms with Gasteiger partial charge in [-0.2, -0.15) is 0 Å². The smallest absolute Gasteiger partial charge is 0.207 e. The SMILES string of the molecule is C/C=C/C(C)NS(=O)(=O)c1ccc(-c2ccccc2)cc1. The summed E-state index contributed by atoms with van der Waals surface area (Å²) < 4.78 is 27.1. The quantitative estimate of drug-likeness (QED) is 0.858. The van der Waals surface area contributed by atoms with Gasteiger partial charge in [-0.25, -0.2) is 13.1 Å². The van der Waals surface area contributed by atoms with Crippen molar-refractivity contribution in [3.63, 3.8) is 0 Å². The average molecular weight is 301 g/mol. The van der Waals surface area contributed by atoms with E-state index >= 15 is 0 Å². The summed E-state index contributed by atoms with van der Waals surface area (Å²) in [5.74, 6) is 0. The van der Waals surface area contributed by atoms with Crippen LogP contribution in [0.1, 0.15) is 13.8 Å². The lowest BCUT2D eigenvalue weighted by atomic mass is 10.1. The molecule has 4 heteroatoms. The largest absolute Gasteiger partial charge is 0.241 e. The van der Waals surface area contributed by atoms with E-state index in [1.54, 1.807) is 25.1 Å². The van der Waals surface area contributed by atoms with Crippen LogP contribution in [0.5, 0.6) is 0 Å². The molecule has 0 spiro atoms. The first-order chi connectivity index (χ1) is 10.0. The van der Waals surface area contributed by atoms with Crippen LogP contribution < -0.4 is 4.72 Å². The van der Waals surface area contributed by atoms with E-state index in [0.29, 0.717) is 0 Å². The first-order valence-corrected chi connectivity index (χ1v) is 8.32. The van der Waals surface area contributed by atoms with Crippen LogP contribution in [0.15, 0.2) is 71.6 Å². The molecule has 0 aliphatic heterocycles. The molecule has 0 radical (unpaired) electrons. The summed E-state index contributed by atoms with van der Waals surface area (Å²) in [6, 6.07) is 16.5. The van der Waals surface area contributed by atoms with E-state index in [1.807, 2.05) is 55.5 Å². The third-order valence-corrected chi connectivity index (χ3v) is 4.67. The van der Waals surface area contributed by atoms with Gasteiger partial charge < -0.3 is 0 Å². The number of rotatable bonds is 5. The average Bonchev–Trinajstić information content (AvgIpc) is 2.48. The topological polar surface area (TPSA) is 46.2 Å². The summed E-state index contributed by atoms with van der Waals surface area (Å²) >= 11 is 0. The van der Waals surface area contributed by atoms with Gasteiger partial charge in [0.25, 0.3) is 0 Å². The molecule has 0 fully saturated rings. The number of nitrogens with one attached hydrogen (secondary N) is 1. The molecule has 21 heavy (non-hydrogen) atoms. The Bertz CT molecular complexity index is 704. The Morgan fingerprint density at radius 1 is 0.952 bits per heavy atom. The molecule has 2 aromatic carbocycles. The normalized spacial score (nSPS) is 13.4. The molecule has 0 bridgehead atoms. The Morgan fingerprint density at radius 2 is 1.52 bits per heavy atom. The highest BCUT2D eigenvalue weighted by molar-refractivity contribution is 7.89. The van der Waals surface area contributed by atoms with Gasteiger partial charge in [0.05, 0.1) is 4.90 Å². The predicted octanol–water partition coefficient (Wildman–Crippen LogP) is 3.60. The highest BCUT2D eigenvalue weighted by atomic mass is 32.2. The summed E-state index contributed by atoms with van der Waals surface area (Å²) in [7, 11) is -3.48. The summed E-state index contributed by atoms with van der Waals surface area (Å²) in [6.07, 6.45) is 3.63. The molecule has 2 rings (SSSR count). The lowest BCUT2D eigenvalue weighted by Gasteiger charge is -2.11. The maximum Gasteiger partial charge on any atom is 0.241 e. The molecule has 1 atom stereocenters. The third-order valence-electron chi connectivity index (χ3n) is 3.09. The number of hydrogen-bond acceptors (Lipinski definition) is 2. The van der Waals surface area contributed by atoms with Gasteiger partial charge in [-0.15, -0.1) is 0 Å². The van der Waals surface area contributed by atoms with Gasteiger partial charge >= 0.3 is 0 Å². The fourth-order valence-electron chi connectivity index (χ4n) is 2.10. The second-order valence-corrected chi connectivity index (χ2v) is 6.54. The van der Waals surface area contributed by atoms with Gasteiger partial charge in [-0.1, -0.05) is 54.6 Å². The van der Waals surface area contributed by atoms with Crippen molar-refractivity contribution < 1.29 is 8.42 Å². The lowest BCUT2D eigenvalue weighted by Crippen LogP contribution is -2.31. The van der Waals surface area contributed by atoms with Gasteiger partial charge in [-0.3, -0.25) is 0 Å². The maximum atomic E-state index is 12.2. The molecule has 0 heterocycles. The molecular formula is C17H19NO2S. The first-order valence-electron chi connectivity index (χ1n) is 6.83. The van der Waals surface area contributed by atoms with Crippen LogP contribution in [-0.4, -0.2) is 14.5 Å². The van der Waals surface area contributed by atoms with Crippen molar-refractivity contribution >= 4 is 10.0 Å². The lowest BCUT2D eigenvalue weighted by molar-refractivity contribution is 0.576. The highest BCUT2D eigenvalue weighted by Gasteiger charge is 2.15. The van der Waals surface area contributed by atoms with E-state index < -0.39 is 10.0 Å².